The molecule has 0 aromatic heterocycles. The Morgan fingerprint density at radius 2 is 1.53 bits per heavy atom. The zero-order chi connectivity index (χ0) is 31.8. The molecule has 2 aliphatic heterocycles. The van der Waals surface area contributed by atoms with Crippen molar-refractivity contribution >= 4 is 10.1 Å². The van der Waals surface area contributed by atoms with Crippen LogP contribution < -0.4 is 18.4 Å². The highest BCUT2D eigenvalue weighted by atomic mass is 32.2. The highest BCUT2D eigenvalue weighted by Gasteiger charge is 2.49. The fraction of sp³-hybridized carbons (Fsp3) is 0.294. The summed E-state index contributed by atoms with van der Waals surface area (Å²) in [7, 11) is -2.52. The van der Waals surface area contributed by atoms with Crippen molar-refractivity contribution in [1.82, 2.24) is 0 Å². The summed E-state index contributed by atoms with van der Waals surface area (Å²) in [4.78, 5) is 0. The Hall–Kier alpha value is -4.22. The van der Waals surface area contributed by atoms with Gasteiger partial charge in [-0.15, -0.1) is 0 Å². The van der Waals surface area contributed by atoms with Crippen molar-refractivity contribution in [3.8, 4) is 23.0 Å². The van der Waals surface area contributed by atoms with Crippen LogP contribution in [0.4, 0.5) is 13.2 Å². The molecular weight excluding hydrogens is 607 g/mol. The fourth-order valence-electron chi connectivity index (χ4n) is 6.58. The standard InChI is InChI=1S/C34H33F3NO6S/c1-41-32-17-25-15-16-38(20-23-11-13-27(14-12-23)44-45(39,40)34(35,36)37)21-26-9-6-10-31(43-22-24-7-4-3-5-8-24)29(26)18-30(38)28(25)19-33(32)42-2/h3-14,17,19,30H,15-16,18,20-22H2,1-2H3/q+1/t30-,38+/m1/s1. The molecule has 0 spiro atoms. The monoisotopic (exact) mass is 640 g/mol. The van der Waals surface area contributed by atoms with Crippen LogP contribution in [0, 0.1) is 0 Å². The van der Waals surface area contributed by atoms with Crippen LogP contribution in [0.3, 0.4) is 0 Å². The van der Waals surface area contributed by atoms with Crippen LogP contribution in [0.5, 0.6) is 23.0 Å². The first-order chi connectivity index (χ1) is 21.5. The zero-order valence-corrected chi connectivity index (χ0v) is 25.7. The van der Waals surface area contributed by atoms with Gasteiger partial charge in [0.1, 0.15) is 37.2 Å². The predicted octanol–water partition coefficient (Wildman–Crippen LogP) is 6.88. The van der Waals surface area contributed by atoms with Crippen LogP contribution in [0.25, 0.3) is 0 Å². The molecule has 4 aromatic carbocycles. The van der Waals surface area contributed by atoms with E-state index in [1.165, 1.54) is 23.3 Å². The van der Waals surface area contributed by atoms with Gasteiger partial charge in [-0.2, -0.15) is 21.6 Å². The topological polar surface area (TPSA) is 71.1 Å². The van der Waals surface area contributed by atoms with Crippen molar-refractivity contribution in [3.63, 3.8) is 0 Å². The number of rotatable bonds is 9. The van der Waals surface area contributed by atoms with Gasteiger partial charge < -0.3 is 22.9 Å². The highest BCUT2D eigenvalue weighted by molar-refractivity contribution is 7.88. The van der Waals surface area contributed by atoms with Crippen molar-refractivity contribution in [2.24, 2.45) is 0 Å². The van der Waals surface area contributed by atoms with Gasteiger partial charge in [0.05, 0.1) is 20.8 Å². The molecule has 0 fully saturated rings. The van der Waals surface area contributed by atoms with Gasteiger partial charge in [-0.1, -0.05) is 42.5 Å². The number of halogens is 3. The third-order valence-electron chi connectivity index (χ3n) is 8.75. The first-order valence-corrected chi connectivity index (χ1v) is 15.9. The Bertz CT molecular complexity index is 1800. The van der Waals surface area contributed by atoms with E-state index < -0.39 is 21.4 Å². The third kappa shape index (κ3) is 6.06. The summed E-state index contributed by atoms with van der Waals surface area (Å²) in [6, 6.07) is 26.1. The maximum atomic E-state index is 12.9. The van der Waals surface area contributed by atoms with Crippen LogP contribution in [0.15, 0.2) is 84.9 Å². The number of nitrogens with zero attached hydrogens (tertiary/aromatic N) is 1. The van der Waals surface area contributed by atoms with Gasteiger partial charge in [-0.3, -0.25) is 0 Å². The number of benzene rings is 4. The number of methoxy groups -OCH3 is 2. The summed E-state index contributed by atoms with van der Waals surface area (Å²) >= 11 is 0. The lowest BCUT2D eigenvalue weighted by Gasteiger charge is -2.51. The minimum atomic E-state index is -5.76. The van der Waals surface area contributed by atoms with Crippen molar-refractivity contribution in [1.29, 1.82) is 0 Å². The average molecular weight is 641 g/mol. The average Bonchev–Trinajstić information content (AvgIpc) is 3.03. The van der Waals surface area contributed by atoms with Gasteiger partial charge in [-0.25, -0.2) is 0 Å². The lowest BCUT2D eigenvalue weighted by molar-refractivity contribution is -0.985. The highest BCUT2D eigenvalue weighted by Crippen LogP contribution is 2.49. The Balaban J connectivity index is 1.36. The summed E-state index contributed by atoms with van der Waals surface area (Å²) in [6.45, 7) is 2.53. The van der Waals surface area contributed by atoms with E-state index in [1.807, 2.05) is 48.5 Å². The Kier molecular flexibility index (Phi) is 8.17. The van der Waals surface area contributed by atoms with Gasteiger partial charge in [-0.05, 0) is 53.6 Å². The van der Waals surface area contributed by atoms with E-state index in [2.05, 4.69) is 16.3 Å². The molecule has 0 N–H and O–H groups in total. The fourth-order valence-corrected chi connectivity index (χ4v) is 7.04. The molecule has 11 heteroatoms. The minimum absolute atomic E-state index is 0.0177. The quantitative estimate of drug-likeness (QED) is 0.113. The van der Waals surface area contributed by atoms with Crippen molar-refractivity contribution < 1.29 is 44.5 Å². The molecule has 45 heavy (non-hydrogen) atoms. The molecule has 2 heterocycles. The lowest BCUT2D eigenvalue weighted by atomic mass is 9.80. The largest absolute Gasteiger partial charge is 0.534 e. The molecule has 4 aromatic rings. The van der Waals surface area contributed by atoms with Crippen molar-refractivity contribution in [3.05, 3.63) is 118 Å². The zero-order valence-electron chi connectivity index (χ0n) is 24.8. The molecule has 0 aliphatic carbocycles. The normalized spacial score (nSPS) is 19.1. The molecule has 236 valence electrons. The molecule has 6 rings (SSSR count). The minimum Gasteiger partial charge on any atom is -0.493 e. The molecule has 0 amide bonds. The summed E-state index contributed by atoms with van der Waals surface area (Å²) < 4.78 is 84.3. The molecule has 2 aliphatic rings. The smallest absolute Gasteiger partial charge is 0.493 e. The molecule has 0 unspecified atom stereocenters. The first kappa shape index (κ1) is 30.8. The van der Waals surface area contributed by atoms with Crippen molar-refractivity contribution in [2.45, 2.75) is 44.1 Å². The Labute approximate surface area is 260 Å². The second kappa shape index (κ2) is 11.9. The molecule has 0 radical (unpaired) electrons. The van der Waals surface area contributed by atoms with E-state index >= 15 is 0 Å². The third-order valence-corrected chi connectivity index (χ3v) is 9.73. The SMILES string of the molecule is COc1cc2c(cc1OC)[C@H]1Cc3c(cccc3OCc3ccccc3)C[N@@+]1(Cc1ccc(OS(=O)(=O)C(F)(F)F)cc1)CC2. The number of quaternary nitrogens is 1. The summed E-state index contributed by atoms with van der Waals surface area (Å²) in [5.74, 6) is 1.76. The Morgan fingerprint density at radius 1 is 0.822 bits per heavy atom. The Morgan fingerprint density at radius 3 is 2.22 bits per heavy atom. The van der Waals surface area contributed by atoms with Gasteiger partial charge >= 0.3 is 15.6 Å². The lowest BCUT2D eigenvalue weighted by Crippen LogP contribution is -2.55. The first-order valence-electron chi connectivity index (χ1n) is 14.5. The molecule has 7 nitrogen and oxygen atoms in total. The number of fused-ring (bicyclic) bond motifs is 4. The summed E-state index contributed by atoms with van der Waals surface area (Å²) in [5.41, 5.74) is 1.07. The summed E-state index contributed by atoms with van der Waals surface area (Å²) in [5, 5.41) is 0. The molecular formula is C34H33F3NO6S+. The number of ether oxygens (including phenoxy) is 3. The molecule has 0 saturated carbocycles. The van der Waals surface area contributed by atoms with E-state index in [0.717, 1.165) is 41.0 Å². The number of alkyl halides is 3. The summed E-state index contributed by atoms with van der Waals surface area (Å²) in [6.07, 6.45) is 1.49. The maximum Gasteiger partial charge on any atom is 0.534 e. The van der Waals surface area contributed by atoms with Crippen LogP contribution in [-0.4, -0.2) is 39.2 Å². The molecule has 2 atom stereocenters. The van der Waals surface area contributed by atoms with Crippen LogP contribution in [0.2, 0.25) is 0 Å². The van der Waals surface area contributed by atoms with Gasteiger partial charge in [0.2, 0.25) is 0 Å². The van der Waals surface area contributed by atoms with E-state index in [0.29, 0.717) is 42.1 Å². The second-order valence-electron chi connectivity index (χ2n) is 11.4. The van der Waals surface area contributed by atoms with Crippen molar-refractivity contribution in [2.75, 3.05) is 20.8 Å². The van der Waals surface area contributed by atoms with Crippen LogP contribution in [0.1, 0.15) is 39.4 Å². The van der Waals surface area contributed by atoms with Crippen LogP contribution >= 0.6 is 0 Å². The van der Waals surface area contributed by atoms with E-state index in [-0.39, 0.29) is 6.04 Å². The van der Waals surface area contributed by atoms with E-state index in [4.69, 9.17) is 14.2 Å². The number of hydrogen-bond donors (Lipinski definition) is 0. The molecule has 0 saturated heterocycles. The molecule has 0 bridgehead atoms. The van der Waals surface area contributed by atoms with E-state index in [9.17, 15) is 21.6 Å². The van der Waals surface area contributed by atoms with Gasteiger partial charge in [0.15, 0.2) is 11.5 Å². The van der Waals surface area contributed by atoms with Gasteiger partial charge in [0.25, 0.3) is 0 Å². The van der Waals surface area contributed by atoms with E-state index in [1.54, 1.807) is 26.4 Å². The second-order valence-corrected chi connectivity index (χ2v) is 13.0. The van der Waals surface area contributed by atoms with Crippen LogP contribution in [-0.2, 0) is 42.7 Å². The van der Waals surface area contributed by atoms with Gasteiger partial charge in [0, 0.05) is 35.1 Å². The maximum absolute atomic E-state index is 12.9. The number of hydrogen-bond acceptors (Lipinski definition) is 6. The predicted molar refractivity (Wildman–Crippen MR) is 161 cm³/mol.